The fourth-order valence-corrected chi connectivity index (χ4v) is 3.08. The van der Waals surface area contributed by atoms with Crippen LogP contribution in [0.15, 0.2) is 36.7 Å². The molecule has 2 aromatic rings. The summed E-state index contributed by atoms with van der Waals surface area (Å²) >= 11 is 0. The quantitative estimate of drug-likeness (QED) is 0.841. The molecule has 1 saturated heterocycles. The van der Waals surface area contributed by atoms with E-state index >= 15 is 0 Å². The first-order valence-electron chi connectivity index (χ1n) is 8.84. The van der Waals surface area contributed by atoms with Gasteiger partial charge < -0.3 is 19.9 Å². The molecule has 2 heterocycles. The van der Waals surface area contributed by atoms with Crippen LogP contribution >= 0.6 is 0 Å². The normalized spacial score (nSPS) is 23.2. The highest BCUT2D eigenvalue weighted by molar-refractivity contribution is 5.38. The first kappa shape index (κ1) is 16.3. The largest absolute Gasteiger partial charge is 0.486 e. The van der Waals surface area contributed by atoms with Crippen molar-refractivity contribution in [3.05, 3.63) is 47.9 Å². The third-order valence-electron chi connectivity index (χ3n) is 4.71. The number of nitrogens with zero attached hydrogens (tertiary/aromatic N) is 2. The van der Waals surface area contributed by atoms with Crippen molar-refractivity contribution in [3.63, 3.8) is 0 Å². The molecule has 1 aromatic heterocycles. The minimum atomic E-state index is -0.0898. The number of aliphatic hydroxyl groups is 1. The summed E-state index contributed by atoms with van der Waals surface area (Å²) in [6.07, 6.45) is 4.86. The molecule has 1 aliphatic carbocycles. The maximum absolute atomic E-state index is 9.14. The number of nitrogens with one attached hydrogen (secondary N) is 1. The van der Waals surface area contributed by atoms with E-state index < -0.39 is 0 Å². The zero-order valence-electron chi connectivity index (χ0n) is 14.1. The first-order valence-corrected chi connectivity index (χ1v) is 8.84. The second-order valence-electron chi connectivity index (χ2n) is 6.68. The van der Waals surface area contributed by atoms with Gasteiger partial charge in [0.25, 0.3) is 0 Å². The molecule has 2 atom stereocenters. The summed E-state index contributed by atoms with van der Waals surface area (Å²) in [6, 6.07) is 9.69. The number of rotatable bonds is 6. The van der Waals surface area contributed by atoms with Crippen molar-refractivity contribution < 1.29 is 14.6 Å². The lowest BCUT2D eigenvalue weighted by Crippen LogP contribution is -2.45. The fraction of sp³-hybridized carbons (Fsp3) is 0.474. The lowest BCUT2D eigenvalue weighted by molar-refractivity contribution is -0.000639. The Morgan fingerprint density at radius 3 is 2.76 bits per heavy atom. The maximum atomic E-state index is 9.14. The van der Waals surface area contributed by atoms with Gasteiger partial charge in [-0.1, -0.05) is 12.1 Å². The van der Waals surface area contributed by atoms with Gasteiger partial charge in [-0.25, -0.2) is 9.97 Å². The van der Waals surface area contributed by atoms with E-state index in [9.17, 15) is 0 Å². The number of anilines is 1. The lowest BCUT2D eigenvalue weighted by Gasteiger charge is -2.32. The highest BCUT2D eigenvalue weighted by atomic mass is 16.5. The molecule has 0 bridgehead atoms. The van der Waals surface area contributed by atoms with Gasteiger partial charge in [-0.05, 0) is 37.0 Å². The average Bonchev–Trinajstić information content (AvgIpc) is 3.50. The van der Waals surface area contributed by atoms with E-state index in [1.165, 1.54) is 12.8 Å². The van der Waals surface area contributed by atoms with Gasteiger partial charge in [-0.3, -0.25) is 0 Å². The van der Waals surface area contributed by atoms with Crippen molar-refractivity contribution in [1.82, 2.24) is 9.97 Å². The molecule has 0 spiro atoms. The second kappa shape index (κ2) is 7.37. The Bertz CT molecular complexity index is 703. The van der Waals surface area contributed by atoms with Crippen LogP contribution < -0.4 is 10.1 Å². The zero-order chi connectivity index (χ0) is 17.1. The van der Waals surface area contributed by atoms with E-state index in [4.69, 9.17) is 14.6 Å². The molecule has 2 aliphatic rings. The number of aliphatic hydroxyl groups excluding tert-OH is 1. The molecule has 2 fully saturated rings. The van der Waals surface area contributed by atoms with Gasteiger partial charge in [-0.15, -0.1) is 0 Å². The summed E-state index contributed by atoms with van der Waals surface area (Å²) < 4.78 is 11.7. The summed E-state index contributed by atoms with van der Waals surface area (Å²) in [7, 11) is 0. The van der Waals surface area contributed by atoms with Crippen molar-refractivity contribution in [2.75, 3.05) is 18.5 Å². The van der Waals surface area contributed by atoms with Gasteiger partial charge in [0.1, 0.15) is 24.0 Å². The maximum Gasteiger partial charge on any atom is 0.142 e. The predicted octanol–water partition coefficient (Wildman–Crippen LogP) is 2.49. The van der Waals surface area contributed by atoms with E-state index in [-0.39, 0.29) is 18.8 Å². The number of hydrogen-bond donors (Lipinski definition) is 2. The zero-order valence-corrected chi connectivity index (χ0v) is 14.1. The molecule has 1 aliphatic heterocycles. The van der Waals surface area contributed by atoms with E-state index in [2.05, 4.69) is 21.4 Å². The number of hydrogen-bond acceptors (Lipinski definition) is 6. The van der Waals surface area contributed by atoms with E-state index in [1.807, 2.05) is 24.3 Å². The molecular formula is C19H23N3O3. The Labute approximate surface area is 147 Å². The number of ether oxygens (including phenoxy) is 2. The summed E-state index contributed by atoms with van der Waals surface area (Å²) in [5.41, 5.74) is 2.00. The second-order valence-corrected chi connectivity index (χ2v) is 6.68. The first-order chi connectivity index (χ1) is 12.3. The van der Waals surface area contributed by atoms with Crippen LogP contribution in [0.3, 0.4) is 0 Å². The van der Waals surface area contributed by atoms with Gasteiger partial charge >= 0.3 is 0 Å². The Morgan fingerprint density at radius 1 is 1.16 bits per heavy atom. The van der Waals surface area contributed by atoms with Gasteiger partial charge in [-0.2, -0.15) is 0 Å². The topological polar surface area (TPSA) is 76.5 Å². The summed E-state index contributed by atoms with van der Waals surface area (Å²) in [5.74, 6) is 2.24. The molecule has 0 radical (unpaired) electrons. The van der Waals surface area contributed by atoms with E-state index in [0.717, 1.165) is 29.2 Å². The molecule has 6 nitrogen and oxygen atoms in total. The van der Waals surface area contributed by atoms with Crippen molar-refractivity contribution >= 4 is 5.82 Å². The van der Waals surface area contributed by atoms with Crippen molar-refractivity contribution in [1.29, 1.82) is 0 Å². The van der Waals surface area contributed by atoms with Gasteiger partial charge in [0, 0.05) is 24.3 Å². The number of benzene rings is 1. The highest BCUT2D eigenvalue weighted by Gasteiger charge is 2.29. The molecule has 6 heteroatoms. The van der Waals surface area contributed by atoms with Crippen molar-refractivity contribution in [3.8, 4) is 5.75 Å². The van der Waals surface area contributed by atoms with Crippen molar-refractivity contribution in [2.24, 2.45) is 0 Å². The third kappa shape index (κ3) is 4.08. The van der Waals surface area contributed by atoms with Crippen LogP contribution in [0, 0.1) is 0 Å². The summed E-state index contributed by atoms with van der Waals surface area (Å²) in [4.78, 5) is 8.73. The SMILES string of the molecule is OCc1ccc(OC2COCCC2Nc2cc(C3CC3)ncn2)cc1. The average molecular weight is 341 g/mol. The molecular weight excluding hydrogens is 318 g/mol. The van der Waals surface area contributed by atoms with Crippen LogP contribution in [0.2, 0.25) is 0 Å². The molecule has 1 saturated carbocycles. The molecule has 1 aromatic carbocycles. The predicted molar refractivity (Wildman–Crippen MR) is 93.6 cm³/mol. The minimum Gasteiger partial charge on any atom is -0.486 e. The third-order valence-corrected chi connectivity index (χ3v) is 4.71. The molecule has 4 rings (SSSR count). The Kier molecular flexibility index (Phi) is 4.81. The van der Waals surface area contributed by atoms with Gasteiger partial charge in [0.15, 0.2) is 0 Å². The van der Waals surface area contributed by atoms with Crippen LogP contribution in [0.4, 0.5) is 5.82 Å². The standard InChI is InChI=1S/C19H23N3O3/c23-10-13-1-5-15(6-2-13)25-18-11-24-8-7-16(18)22-19-9-17(14-3-4-14)20-12-21-19/h1-2,5-6,9,12,14,16,18,23H,3-4,7-8,10-11H2,(H,20,21,22). The minimum absolute atomic E-state index is 0.0358. The highest BCUT2D eigenvalue weighted by Crippen LogP contribution is 2.39. The monoisotopic (exact) mass is 341 g/mol. The van der Waals surface area contributed by atoms with Crippen molar-refractivity contribution in [2.45, 2.75) is 43.9 Å². The summed E-state index contributed by atoms with van der Waals surface area (Å²) in [5, 5.41) is 12.6. The molecule has 25 heavy (non-hydrogen) atoms. The lowest BCUT2D eigenvalue weighted by atomic mass is 10.1. The van der Waals surface area contributed by atoms with Crippen LogP contribution in [0.5, 0.6) is 5.75 Å². The van der Waals surface area contributed by atoms with E-state index in [1.54, 1.807) is 6.33 Å². The van der Waals surface area contributed by atoms with Crippen LogP contribution in [0.25, 0.3) is 0 Å². The van der Waals surface area contributed by atoms with Crippen LogP contribution in [-0.4, -0.2) is 40.4 Å². The van der Waals surface area contributed by atoms with Crippen LogP contribution in [-0.2, 0) is 11.3 Å². The van der Waals surface area contributed by atoms with Gasteiger partial charge in [0.2, 0.25) is 0 Å². The number of aromatic nitrogens is 2. The fourth-order valence-electron chi connectivity index (χ4n) is 3.08. The molecule has 2 unspecified atom stereocenters. The smallest absolute Gasteiger partial charge is 0.142 e. The Morgan fingerprint density at radius 2 is 2.00 bits per heavy atom. The van der Waals surface area contributed by atoms with Gasteiger partial charge in [0.05, 0.1) is 19.3 Å². The van der Waals surface area contributed by atoms with E-state index in [0.29, 0.717) is 19.1 Å². The Balaban J connectivity index is 1.43. The summed E-state index contributed by atoms with van der Waals surface area (Å²) in [6.45, 7) is 1.29. The molecule has 0 amide bonds. The molecule has 132 valence electrons. The molecule has 2 N–H and O–H groups in total. The Hall–Kier alpha value is -2.18. The van der Waals surface area contributed by atoms with Crippen LogP contribution in [0.1, 0.15) is 36.4 Å².